The van der Waals surface area contributed by atoms with Crippen molar-refractivity contribution in [1.29, 1.82) is 0 Å². The fourth-order valence-electron chi connectivity index (χ4n) is 3.99. The maximum Gasteiger partial charge on any atom is 0.168 e. The van der Waals surface area contributed by atoms with Gasteiger partial charge in [0.15, 0.2) is 9.76 Å². The fourth-order valence-corrected chi connectivity index (χ4v) is 5.19. The van der Waals surface area contributed by atoms with Crippen molar-refractivity contribution in [2.24, 2.45) is 5.92 Å². The number of hydrogen-bond donors (Lipinski definition) is 1. The van der Waals surface area contributed by atoms with Crippen molar-refractivity contribution in [2.75, 3.05) is 0 Å². The third-order valence-corrected chi connectivity index (χ3v) is 6.61. The molecule has 1 aliphatic rings. The minimum absolute atomic E-state index is 0.104. The lowest BCUT2D eigenvalue weighted by atomic mass is 9.74. The van der Waals surface area contributed by atoms with E-state index in [4.69, 9.17) is 4.43 Å². The van der Waals surface area contributed by atoms with Crippen molar-refractivity contribution in [3.63, 3.8) is 0 Å². The molecule has 0 saturated heterocycles. The second-order valence-electron chi connectivity index (χ2n) is 8.42. The third kappa shape index (κ3) is 3.89. The van der Waals surface area contributed by atoms with Gasteiger partial charge in [-0.05, 0) is 29.0 Å². The molecule has 2 aromatic carbocycles. The summed E-state index contributed by atoms with van der Waals surface area (Å²) >= 11 is 0. The van der Waals surface area contributed by atoms with E-state index in [1.165, 1.54) is 11.1 Å². The average Bonchev–Trinajstić information content (AvgIpc) is 3.03. The molecule has 1 saturated carbocycles. The van der Waals surface area contributed by atoms with Crippen LogP contribution in [0.3, 0.4) is 0 Å². The number of aliphatic hydroxyl groups excluding tert-OH is 1. The molecule has 134 valence electrons. The first kappa shape index (κ1) is 18.4. The Hall–Kier alpha value is -1.42. The number of benzene rings is 2. The number of hydrogen-bond acceptors (Lipinski definition) is 2. The molecule has 0 radical (unpaired) electrons. The third-order valence-electron chi connectivity index (χ3n) is 5.14. The van der Waals surface area contributed by atoms with Crippen LogP contribution < -0.4 is 0 Å². The van der Waals surface area contributed by atoms with Gasteiger partial charge in [-0.25, -0.2) is 0 Å². The Bertz CT molecular complexity index is 624. The van der Waals surface area contributed by atoms with Crippen LogP contribution in [0.4, 0.5) is 0 Å². The minimum Gasteiger partial charge on any atom is -0.410 e. The Kier molecular flexibility index (Phi) is 5.47. The summed E-state index contributed by atoms with van der Waals surface area (Å²) in [6, 6.07) is 21.1. The smallest absolute Gasteiger partial charge is 0.168 e. The standard InChI is InChI=1S/C22H30O2Si/c1-21(2,3)25-24-22(17-11-6-4-7-12-17,18-13-8-5-9-14-18)19-15-10-16-20(19)23/h4-9,11-14,19-20,23H,10,15-16,25H2,1-3H3/t19-,20-/m0/s1. The van der Waals surface area contributed by atoms with Crippen LogP contribution in [-0.2, 0) is 10.0 Å². The molecule has 1 N–H and O–H groups in total. The normalized spacial score (nSPS) is 21.9. The maximum atomic E-state index is 10.8. The van der Waals surface area contributed by atoms with Gasteiger partial charge in [0.25, 0.3) is 0 Å². The van der Waals surface area contributed by atoms with Gasteiger partial charge in [-0.2, -0.15) is 0 Å². The second-order valence-corrected chi connectivity index (χ2v) is 11.1. The summed E-state index contributed by atoms with van der Waals surface area (Å²) in [4.78, 5) is 0. The molecule has 0 bridgehead atoms. The van der Waals surface area contributed by atoms with E-state index in [1.807, 2.05) is 12.1 Å². The highest BCUT2D eigenvalue weighted by Crippen LogP contribution is 2.48. The van der Waals surface area contributed by atoms with E-state index in [0.29, 0.717) is 0 Å². The molecule has 2 nitrogen and oxygen atoms in total. The van der Waals surface area contributed by atoms with E-state index in [0.717, 1.165) is 19.3 Å². The lowest BCUT2D eigenvalue weighted by Gasteiger charge is -2.43. The largest absolute Gasteiger partial charge is 0.410 e. The van der Waals surface area contributed by atoms with Gasteiger partial charge in [-0.15, -0.1) is 0 Å². The summed E-state index contributed by atoms with van der Waals surface area (Å²) in [5.74, 6) is 0.104. The van der Waals surface area contributed by atoms with Crippen molar-refractivity contribution >= 4 is 9.76 Å². The summed E-state index contributed by atoms with van der Waals surface area (Å²) in [5.41, 5.74) is 1.80. The SMILES string of the molecule is CC(C)(C)[SiH2]OC(c1ccccc1)(c1ccccc1)[C@H]1CCC[C@@H]1O. The Morgan fingerprint density at radius 3 is 1.80 bits per heavy atom. The Morgan fingerprint density at radius 1 is 0.880 bits per heavy atom. The van der Waals surface area contributed by atoms with E-state index in [9.17, 15) is 5.11 Å². The minimum atomic E-state index is -0.810. The zero-order valence-electron chi connectivity index (χ0n) is 15.6. The van der Waals surface area contributed by atoms with Crippen molar-refractivity contribution in [2.45, 2.75) is 56.8 Å². The van der Waals surface area contributed by atoms with Gasteiger partial charge in [-0.1, -0.05) is 87.9 Å². The highest BCUT2D eigenvalue weighted by molar-refractivity contribution is 6.32. The van der Waals surface area contributed by atoms with Crippen LogP contribution >= 0.6 is 0 Å². The highest BCUT2D eigenvalue weighted by Gasteiger charge is 2.48. The molecule has 0 spiro atoms. The van der Waals surface area contributed by atoms with Gasteiger partial charge in [0.2, 0.25) is 0 Å². The first-order chi connectivity index (χ1) is 11.9. The predicted molar refractivity (Wildman–Crippen MR) is 106 cm³/mol. The highest BCUT2D eigenvalue weighted by atomic mass is 28.2. The van der Waals surface area contributed by atoms with E-state index in [1.54, 1.807) is 0 Å². The molecule has 0 unspecified atom stereocenters. The molecule has 2 atom stereocenters. The molecule has 1 aliphatic carbocycles. The van der Waals surface area contributed by atoms with Crippen LogP contribution in [0.2, 0.25) is 5.04 Å². The van der Waals surface area contributed by atoms with Gasteiger partial charge >= 0.3 is 0 Å². The van der Waals surface area contributed by atoms with E-state index in [-0.39, 0.29) is 17.1 Å². The summed E-state index contributed by atoms with van der Waals surface area (Å²) in [6.07, 6.45) is 2.62. The van der Waals surface area contributed by atoms with Gasteiger partial charge in [-0.3, -0.25) is 0 Å². The average molecular weight is 355 g/mol. The summed E-state index contributed by atoms with van der Waals surface area (Å²) in [6.45, 7) is 6.77. The molecular weight excluding hydrogens is 324 g/mol. The van der Waals surface area contributed by atoms with Crippen LogP contribution in [-0.4, -0.2) is 21.0 Å². The molecule has 2 aromatic rings. The zero-order valence-corrected chi connectivity index (χ0v) is 17.0. The molecule has 25 heavy (non-hydrogen) atoms. The van der Waals surface area contributed by atoms with E-state index < -0.39 is 15.4 Å². The number of aliphatic hydroxyl groups is 1. The van der Waals surface area contributed by atoms with Gasteiger partial charge < -0.3 is 9.53 Å². The van der Waals surface area contributed by atoms with Crippen molar-refractivity contribution in [3.05, 3.63) is 71.8 Å². The first-order valence-corrected chi connectivity index (χ1v) is 10.6. The van der Waals surface area contributed by atoms with Gasteiger partial charge in [0.1, 0.15) is 5.60 Å². The monoisotopic (exact) mass is 354 g/mol. The Morgan fingerprint density at radius 2 is 1.40 bits per heavy atom. The fraction of sp³-hybridized carbons (Fsp3) is 0.455. The van der Waals surface area contributed by atoms with E-state index >= 15 is 0 Å². The van der Waals surface area contributed by atoms with Crippen molar-refractivity contribution in [1.82, 2.24) is 0 Å². The molecule has 0 amide bonds. The Balaban J connectivity index is 2.16. The summed E-state index contributed by atoms with van der Waals surface area (Å²) < 4.78 is 6.90. The number of rotatable bonds is 5. The van der Waals surface area contributed by atoms with Crippen molar-refractivity contribution in [3.8, 4) is 0 Å². The molecular formula is C22H30O2Si. The molecule has 0 heterocycles. The van der Waals surface area contributed by atoms with Gasteiger partial charge in [0.05, 0.1) is 6.10 Å². The summed E-state index contributed by atoms with van der Waals surface area (Å²) in [7, 11) is -0.810. The molecule has 1 fully saturated rings. The van der Waals surface area contributed by atoms with Crippen molar-refractivity contribution < 1.29 is 9.53 Å². The lowest BCUT2D eigenvalue weighted by molar-refractivity contribution is -0.0146. The molecule has 3 rings (SSSR count). The summed E-state index contributed by atoms with van der Waals surface area (Å²) in [5, 5.41) is 11.0. The quantitative estimate of drug-likeness (QED) is 0.806. The lowest BCUT2D eigenvalue weighted by Crippen LogP contribution is -2.45. The predicted octanol–water partition coefficient (Wildman–Crippen LogP) is 4.41. The van der Waals surface area contributed by atoms with Crippen LogP contribution in [0.1, 0.15) is 51.2 Å². The van der Waals surface area contributed by atoms with Crippen LogP contribution in [0, 0.1) is 5.92 Å². The molecule has 0 aromatic heterocycles. The molecule has 3 heteroatoms. The first-order valence-electron chi connectivity index (χ1n) is 9.36. The van der Waals surface area contributed by atoms with E-state index in [2.05, 4.69) is 69.3 Å². The zero-order chi connectivity index (χ0) is 17.9. The molecule has 0 aliphatic heterocycles. The second kappa shape index (κ2) is 7.44. The maximum absolute atomic E-state index is 10.8. The van der Waals surface area contributed by atoms with Crippen LogP contribution in [0.15, 0.2) is 60.7 Å². The Labute approximate surface area is 154 Å². The van der Waals surface area contributed by atoms with Crippen LogP contribution in [0.25, 0.3) is 0 Å². The topological polar surface area (TPSA) is 29.5 Å². The van der Waals surface area contributed by atoms with Gasteiger partial charge in [0, 0.05) is 5.92 Å². The van der Waals surface area contributed by atoms with Crippen LogP contribution in [0.5, 0.6) is 0 Å².